The molecule has 0 N–H and O–H groups in total. The topological polar surface area (TPSA) is 29.5 Å². The van der Waals surface area contributed by atoms with Gasteiger partial charge in [-0.2, -0.15) is 0 Å². The molecule has 1 atom stereocenters. The summed E-state index contributed by atoms with van der Waals surface area (Å²) in [6, 6.07) is 8.66. The second kappa shape index (κ2) is 9.43. The van der Waals surface area contributed by atoms with Crippen LogP contribution in [0.3, 0.4) is 0 Å². The van der Waals surface area contributed by atoms with Gasteiger partial charge in [-0.1, -0.05) is 51.2 Å². The van der Waals surface area contributed by atoms with Gasteiger partial charge >= 0.3 is 0 Å². The SMILES string of the molecule is CCC(C(=O)N(C)C1CC1)c1cccc(OCCCC2CCCCC2)c1. The molecule has 2 aliphatic rings. The highest BCUT2D eigenvalue weighted by Crippen LogP contribution is 2.31. The largest absolute Gasteiger partial charge is 0.494 e. The molecule has 144 valence electrons. The molecule has 0 heterocycles. The first-order valence-electron chi connectivity index (χ1n) is 10.7. The van der Waals surface area contributed by atoms with Crippen LogP contribution in [-0.4, -0.2) is 30.5 Å². The molecule has 1 unspecified atom stereocenters. The Morgan fingerprint density at radius 1 is 1.19 bits per heavy atom. The van der Waals surface area contributed by atoms with Crippen LogP contribution in [0.2, 0.25) is 0 Å². The monoisotopic (exact) mass is 357 g/mol. The molecule has 26 heavy (non-hydrogen) atoms. The van der Waals surface area contributed by atoms with E-state index >= 15 is 0 Å². The maximum atomic E-state index is 12.8. The smallest absolute Gasteiger partial charge is 0.230 e. The fourth-order valence-electron chi connectivity index (χ4n) is 4.30. The Morgan fingerprint density at radius 2 is 1.96 bits per heavy atom. The molecule has 3 heteroatoms. The lowest BCUT2D eigenvalue weighted by Crippen LogP contribution is -2.33. The molecule has 0 aliphatic heterocycles. The van der Waals surface area contributed by atoms with E-state index in [-0.39, 0.29) is 11.8 Å². The van der Waals surface area contributed by atoms with E-state index in [0.717, 1.165) is 49.5 Å². The van der Waals surface area contributed by atoms with Crippen molar-refractivity contribution in [3.05, 3.63) is 29.8 Å². The maximum Gasteiger partial charge on any atom is 0.230 e. The van der Waals surface area contributed by atoms with Crippen molar-refractivity contribution in [2.75, 3.05) is 13.7 Å². The lowest BCUT2D eigenvalue weighted by atomic mass is 9.86. The van der Waals surface area contributed by atoms with E-state index in [9.17, 15) is 4.79 Å². The summed E-state index contributed by atoms with van der Waals surface area (Å²) in [5, 5.41) is 0. The number of carbonyl (C=O) groups is 1. The average molecular weight is 358 g/mol. The van der Waals surface area contributed by atoms with Gasteiger partial charge in [0.05, 0.1) is 12.5 Å². The standard InChI is InChI=1S/C23H35NO2/c1-3-22(23(25)24(2)20-14-15-20)19-12-7-13-21(17-19)26-16-8-11-18-9-5-4-6-10-18/h7,12-13,17-18,20,22H,3-6,8-11,14-16H2,1-2H3. The highest BCUT2D eigenvalue weighted by molar-refractivity contribution is 5.84. The quantitative estimate of drug-likeness (QED) is 0.543. The van der Waals surface area contributed by atoms with Crippen LogP contribution in [0.5, 0.6) is 5.75 Å². The molecular weight excluding hydrogens is 322 g/mol. The first-order valence-corrected chi connectivity index (χ1v) is 10.7. The van der Waals surface area contributed by atoms with Gasteiger partial charge in [-0.25, -0.2) is 0 Å². The third-order valence-electron chi connectivity index (χ3n) is 6.16. The number of likely N-dealkylation sites (N-methyl/N-ethyl adjacent to an activating group) is 1. The molecule has 1 aromatic carbocycles. The molecule has 0 spiro atoms. The van der Waals surface area contributed by atoms with Crippen molar-refractivity contribution in [3.63, 3.8) is 0 Å². The first kappa shape index (κ1) is 19.3. The predicted molar refractivity (Wildman–Crippen MR) is 107 cm³/mol. The Labute approximate surface area is 159 Å². The summed E-state index contributed by atoms with van der Waals surface area (Å²) >= 11 is 0. The Kier molecular flexibility index (Phi) is 6.99. The Morgan fingerprint density at radius 3 is 2.65 bits per heavy atom. The van der Waals surface area contributed by atoms with Crippen molar-refractivity contribution in [1.29, 1.82) is 0 Å². The summed E-state index contributed by atoms with van der Waals surface area (Å²) in [4.78, 5) is 14.7. The number of hydrogen-bond donors (Lipinski definition) is 0. The van der Waals surface area contributed by atoms with Crippen LogP contribution in [0.1, 0.15) is 82.6 Å². The van der Waals surface area contributed by atoms with Gasteiger partial charge in [0, 0.05) is 13.1 Å². The van der Waals surface area contributed by atoms with Crippen molar-refractivity contribution in [3.8, 4) is 5.75 Å². The van der Waals surface area contributed by atoms with Crippen LogP contribution in [0, 0.1) is 5.92 Å². The zero-order valence-corrected chi connectivity index (χ0v) is 16.6. The molecule has 2 aliphatic carbocycles. The summed E-state index contributed by atoms with van der Waals surface area (Å²) in [5.74, 6) is 2.03. The molecule has 0 saturated heterocycles. The molecule has 3 rings (SSSR count). The molecule has 1 amide bonds. The highest BCUT2D eigenvalue weighted by atomic mass is 16.5. The van der Waals surface area contributed by atoms with Crippen LogP contribution < -0.4 is 4.74 Å². The van der Waals surface area contributed by atoms with Crippen molar-refractivity contribution >= 4 is 5.91 Å². The van der Waals surface area contributed by atoms with Gasteiger partial charge in [0.15, 0.2) is 0 Å². The van der Waals surface area contributed by atoms with Gasteiger partial charge in [0.2, 0.25) is 5.91 Å². The van der Waals surface area contributed by atoms with E-state index in [0.29, 0.717) is 6.04 Å². The van der Waals surface area contributed by atoms with Crippen LogP contribution >= 0.6 is 0 Å². The Bertz CT molecular complexity index is 575. The van der Waals surface area contributed by atoms with Crippen molar-refractivity contribution in [2.24, 2.45) is 5.92 Å². The number of hydrogen-bond acceptors (Lipinski definition) is 2. The van der Waals surface area contributed by atoms with Gasteiger partial charge in [0.1, 0.15) is 5.75 Å². The van der Waals surface area contributed by atoms with Crippen molar-refractivity contribution in [2.45, 2.75) is 83.1 Å². The van der Waals surface area contributed by atoms with Crippen LogP contribution in [0.15, 0.2) is 24.3 Å². The summed E-state index contributed by atoms with van der Waals surface area (Å²) < 4.78 is 6.01. The second-order valence-electron chi connectivity index (χ2n) is 8.21. The fourth-order valence-corrected chi connectivity index (χ4v) is 4.30. The van der Waals surface area contributed by atoms with Crippen molar-refractivity contribution in [1.82, 2.24) is 4.90 Å². The van der Waals surface area contributed by atoms with E-state index in [2.05, 4.69) is 19.1 Å². The number of rotatable bonds is 9. The number of ether oxygens (including phenoxy) is 1. The third kappa shape index (κ3) is 5.25. The minimum Gasteiger partial charge on any atom is -0.494 e. The number of carbonyl (C=O) groups excluding carboxylic acids is 1. The van der Waals surface area contributed by atoms with E-state index in [4.69, 9.17) is 4.74 Å². The van der Waals surface area contributed by atoms with Gasteiger partial charge in [-0.3, -0.25) is 4.79 Å². The lowest BCUT2D eigenvalue weighted by molar-refractivity contribution is -0.132. The zero-order chi connectivity index (χ0) is 18.4. The van der Waals surface area contributed by atoms with Crippen LogP contribution in [-0.2, 0) is 4.79 Å². The highest BCUT2D eigenvalue weighted by Gasteiger charge is 2.33. The second-order valence-corrected chi connectivity index (χ2v) is 8.21. The summed E-state index contributed by atoms with van der Waals surface area (Å²) in [7, 11) is 1.95. The maximum absolute atomic E-state index is 12.8. The number of nitrogens with zero attached hydrogens (tertiary/aromatic N) is 1. The van der Waals surface area contributed by atoms with Crippen molar-refractivity contribution < 1.29 is 9.53 Å². The van der Waals surface area contributed by atoms with E-state index in [1.54, 1.807) is 0 Å². The molecule has 2 fully saturated rings. The molecule has 0 bridgehead atoms. The Balaban J connectivity index is 1.50. The van der Waals surface area contributed by atoms with Gasteiger partial charge in [-0.15, -0.1) is 0 Å². The first-order chi connectivity index (χ1) is 12.7. The Hall–Kier alpha value is -1.51. The normalized spacial score (nSPS) is 19.2. The molecule has 3 nitrogen and oxygen atoms in total. The summed E-state index contributed by atoms with van der Waals surface area (Å²) in [5.41, 5.74) is 1.09. The van der Waals surface area contributed by atoms with Crippen LogP contribution in [0.25, 0.3) is 0 Å². The molecule has 1 aromatic rings. The zero-order valence-electron chi connectivity index (χ0n) is 16.6. The molecular formula is C23H35NO2. The van der Waals surface area contributed by atoms with Gasteiger partial charge in [-0.05, 0) is 55.7 Å². The minimum atomic E-state index is -0.0496. The third-order valence-corrected chi connectivity index (χ3v) is 6.16. The summed E-state index contributed by atoms with van der Waals surface area (Å²) in [6.07, 6.45) is 12.6. The van der Waals surface area contributed by atoms with Gasteiger partial charge in [0.25, 0.3) is 0 Å². The summed E-state index contributed by atoms with van der Waals surface area (Å²) in [6.45, 7) is 2.88. The number of amides is 1. The molecule has 0 aromatic heterocycles. The van der Waals surface area contributed by atoms with Crippen LogP contribution in [0.4, 0.5) is 0 Å². The van der Waals surface area contributed by atoms with E-state index < -0.39 is 0 Å². The average Bonchev–Trinajstić information content (AvgIpc) is 3.52. The lowest BCUT2D eigenvalue weighted by Gasteiger charge is -2.23. The molecule has 0 radical (unpaired) electrons. The minimum absolute atomic E-state index is 0.0496. The predicted octanol–water partition coefficient (Wildman–Crippen LogP) is 5.54. The van der Waals surface area contributed by atoms with Gasteiger partial charge < -0.3 is 9.64 Å². The van der Waals surface area contributed by atoms with E-state index in [1.165, 1.54) is 38.5 Å². The number of benzene rings is 1. The fraction of sp³-hybridized carbons (Fsp3) is 0.696. The van der Waals surface area contributed by atoms with E-state index in [1.807, 2.05) is 24.1 Å². The molecule has 2 saturated carbocycles.